The second kappa shape index (κ2) is 4.64. The summed E-state index contributed by atoms with van der Waals surface area (Å²) in [5.41, 5.74) is 1.23. The number of benzene rings is 1. The van der Waals surface area contributed by atoms with Crippen molar-refractivity contribution in [1.29, 1.82) is 0 Å². The van der Waals surface area contributed by atoms with Crippen LogP contribution in [-0.4, -0.2) is 30.4 Å². The van der Waals surface area contributed by atoms with E-state index in [0.717, 1.165) is 12.2 Å². The van der Waals surface area contributed by atoms with E-state index in [0.29, 0.717) is 13.2 Å². The fourth-order valence-electron chi connectivity index (χ4n) is 1.76. The molecule has 3 nitrogen and oxygen atoms in total. The van der Waals surface area contributed by atoms with E-state index in [9.17, 15) is 5.11 Å². The van der Waals surface area contributed by atoms with Gasteiger partial charge in [0, 0.05) is 12.6 Å². The Balaban J connectivity index is 1.80. The van der Waals surface area contributed by atoms with Crippen molar-refractivity contribution in [2.75, 3.05) is 13.2 Å². The van der Waals surface area contributed by atoms with Crippen LogP contribution in [0.3, 0.4) is 0 Å². The lowest BCUT2D eigenvalue weighted by Gasteiger charge is -2.11. The summed E-state index contributed by atoms with van der Waals surface area (Å²) in [5, 5.41) is 12.5. The van der Waals surface area contributed by atoms with E-state index in [1.807, 2.05) is 24.3 Å². The van der Waals surface area contributed by atoms with Crippen LogP contribution in [0.25, 0.3) is 0 Å². The molecule has 82 valence electrons. The summed E-state index contributed by atoms with van der Waals surface area (Å²) in [4.78, 5) is 0. The van der Waals surface area contributed by atoms with E-state index in [-0.39, 0.29) is 12.1 Å². The minimum Gasteiger partial charge on any atom is -0.492 e. The third kappa shape index (κ3) is 2.94. The minimum atomic E-state index is -0.211. The van der Waals surface area contributed by atoms with Crippen LogP contribution in [0.1, 0.15) is 12.0 Å². The molecular weight excluding hydrogens is 190 g/mol. The van der Waals surface area contributed by atoms with Crippen molar-refractivity contribution < 1.29 is 9.84 Å². The molecule has 2 rings (SSSR count). The average Bonchev–Trinajstić information content (AvgIpc) is 2.64. The zero-order valence-corrected chi connectivity index (χ0v) is 8.94. The molecule has 2 atom stereocenters. The standard InChI is InChI=1S/C12H17NO2/c1-9-2-4-12(5-3-9)15-8-10-6-11(14)7-13-10/h2-5,10-11,13-14H,6-8H2,1H3/t10-,11-/m0/s1. The van der Waals surface area contributed by atoms with E-state index in [1.165, 1.54) is 5.56 Å². The molecule has 0 saturated carbocycles. The normalized spacial score (nSPS) is 25.5. The lowest BCUT2D eigenvalue weighted by Crippen LogP contribution is -2.28. The first-order valence-electron chi connectivity index (χ1n) is 5.35. The highest BCUT2D eigenvalue weighted by atomic mass is 16.5. The maximum atomic E-state index is 9.32. The van der Waals surface area contributed by atoms with Crippen molar-refractivity contribution in [3.8, 4) is 5.75 Å². The van der Waals surface area contributed by atoms with Crippen molar-refractivity contribution in [3.63, 3.8) is 0 Å². The van der Waals surface area contributed by atoms with Crippen LogP contribution in [-0.2, 0) is 0 Å². The van der Waals surface area contributed by atoms with Crippen molar-refractivity contribution in [1.82, 2.24) is 5.32 Å². The molecule has 3 heteroatoms. The molecule has 0 radical (unpaired) electrons. The maximum absolute atomic E-state index is 9.32. The predicted molar refractivity (Wildman–Crippen MR) is 59.1 cm³/mol. The van der Waals surface area contributed by atoms with Crippen LogP contribution in [0.2, 0.25) is 0 Å². The van der Waals surface area contributed by atoms with Crippen molar-refractivity contribution in [3.05, 3.63) is 29.8 Å². The Labute approximate surface area is 90.1 Å². The topological polar surface area (TPSA) is 41.5 Å². The van der Waals surface area contributed by atoms with Gasteiger partial charge in [0.15, 0.2) is 0 Å². The lowest BCUT2D eigenvalue weighted by atomic mass is 10.2. The molecule has 1 aliphatic heterocycles. The van der Waals surface area contributed by atoms with Crippen LogP contribution in [0, 0.1) is 6.92 Å². The highest BCUT2D eigenvalue weighted by molar-refractivity contribution is 5.26. The molecule has 0 unspecified atom stereocenters. The third-order valence-corrected chi connectivity index (χ3v) is 2.67. The quantitative estimate of drug-likeness (QED) is 0.779. The second-order valence-electron chi connectivity index (χ2n) is 4.12. The van der Waals surface area contributed by atoms with Gasteiger partial charge >= 0.3 is 0 Å². The van der Waals surface area contributed by atoms with E-state index in [4.69, 9.17) is 4.74 Å². The van der Waals surface area contributed by atoms with Gasteiger partial charge in [-0.2, -0.15) is 0 Å². The van der Waals surface area contributed by atoms with Gasteiger partial charge in [-0.15, -0.1) is 0 Å². The molecule has 2 N–H and O–H groups in total. The van der Waals surface area contributed by atoms with Crippen molar-refractivity contribution in [2.45, 2.75) is 25.5 Å². The Hall–Kier alpha value is -1.06. The van der Waals surface area contributed by atoms with Gasteiger partial charge in [0.05, 0.1) is 6.10 Å². The fraction of sp³-hybridized carbons (Fsp3) is 0.500. The van der Waals surface area contributed by atoms with E-state index < -0.39 is 0 Å². The van der Waals surface area contributed by atoms with E-state index in [2.05, 4.69) is 12.2 Å². The van der Waals surface area contributed by atoms with Crippen LogP contribution in [0.5, 0.6) is 5.75 Å². The first-order valence-corrected chi connectivity index (χ1v) is 5.35. The summed E-state index contributed by atoms with van der Waals surface area (Å²) in [6, 6.07) is 8.29. The summed E-state index contributed by atoms with van der Waals surface area (Å²) >= 11 is 0. The van der Waals surface area contributed by atoms with E-state index in [1.54, 1.807) is 0 Å². The molecule has 1 saturated heterocycles. The summed E-state index contributed by atoms with van der Waals surface area (Å²) in [6.07, 6.45) is 0.572. The first kappa shape index (κ1) is 10.5. The number of aryl methyl sites for hydroxylation is 1. The molecule has 1 aromatic rings. The molecule has 15 heavy (non-hydrogen) atoms. The van der Waals surface area contributed by atoms with Gasteiger partial charge in [0.2, 0.25) is 0 Å². The molecule has 1 fully saturated rings. The fourth-order valence-corrected chi connectivity index (χ4v) is 1.76. The van der Waals surface area contributed by atoms with Gasteiger partial charge in [0.25, 0.3) is 0 Å². The molecule has 0 aliphatic carbocycles. The number of aliphatic hydroxyl groups is 1. The molecule has 0 aromatic heterocycles. The van der Waals surface area contributed by atoms with E-state index >= 15 is 0 Å². The monoisotopic (exact) mass is 207 g/mol. The van der Waals surface area contributed by atoms with Gasteiger partial charge in [-0.05, 0) is 25.5 Å². The van der Waals surface area contributed by atoms with Gasteiger partial charge in [-0.3, -0.25) is 0 Å². The zero-order valence-electron chi connectivity index (χ0n) is 8.94. The average molecular weight is 207 g/mol. The number of aliphatic hydroxyl groups excluding tert-OH is 1. The number of rotatable bonds is 3. The molecule has 0 bridgehead atoms. The largest absolute Gasteiger partial charge is 0.492 e. The highest BCUT2D eigenvalue weighted by Gasteiger charge is 2.22. The Morgan fingerprint density at radius 1 is 1.40 bits per heavy atom. The van der Waals surface area contributed by atoms with Crippen LogP contribution in [0.4, 0.5) is 0 Å². The summed E-state index contributed by atoms with van der Waals surface area (Å²) in [7, 11) is 0. The minimum absolute atomic E-state index is 0.211. The number of ether oxygens (including phenoxy) is 1. The van der Waals surface area contributed by atoms with Gasteiger partial charge in [-0.25, -0.2) is 0 Å². The SMILES string of the molecule is Cc1ccc(OC[C@@H]2C[C@H](O)CN2)cc1. The Morgan fingerprint density at radius 3 is 2.73 bits per heavy atom. The zero-order chi connectivity index (χ0) is 10.7. The summed E-state index contributed by atoms with van der Waals surface area (Å²) in [5.74, 6) is 0.892. The van der Waals surface area contributed by atoms with Crippen molar-refractivity contribution >= 4 is 0 Å². The Kier molecular flexibility index (Phi) is 3.23. The predicted octanol–water partition coefficient (Wildman–Crippen LogP) is 1.10. The lowest BCUT2D eigenvalue weighted by molar-refractivity contribution is 0.187. The van der Waals surface area contributed by atoms with Crippen LogP contribution in [0.15, 0.2) is 24.3 Å². The molecule has 1 heterocycles. The summed E-state index contributed by atoms with van der Waals surface area (Å²) in [6.45, 7) is 3.36. The third-order valence-electron chi connectivity index (χ3n) is 2.67. The Morgan fingerprint density at radius 2 is 2.13 bits per heavy atom. The molecule has 1 aromatic carbocycles. The second-order valence-corrected chi connectivity index (χ2v) is 4.12. The first-order chi connectivity index (χ1) is 7.24. The Bertz CT molecular complexity index is 310. The molecule has 1 aliphatic rings. The molecular formula is C12H17NO2. The smallest absolute Gasteiger partial charge is 0.119 e. The van der Waals surface area contributed by atoms with Gasteiger partial charge in [0.1, 0.15) is 12.4 Å². The highest BCUT2D eigenvalue weighted by Crippen LogP contribution is 2.13. The molecule has 0 amide bonds. The van der Waals surface area contributed by atoms with Crippen molar-refractivity contribution in [2.24, 2.45) is 0 Å². The van der Waals surface area contributed by atoms with Gasteiger partial charge < -0.3 is 15.2 Å². The van der Waals surface area contributed by atoms with Crippen LogP contribution >= 0.6 is 0 Å². The number of hydrogen-bond donors (Lipinski definition) is 2. The number of nitrogens with one attached hydrogen (secondary N) is 1. The van der Waals surface area contributed by atoms with Crippen LogP contribution < -0.4 is 10.1 Å². The molecule has 0 spiro atoms. The summed E-state index contributed by atoms with van der Waals surface area (Å²) < 4.78 is 5.62. The van der Waals surface area contributed by atoms with Gasteiger partial charge in [-0.1, -0.05) is 17.7 Å². The number of hydrogen-bond acceptors (Lipinski definition) is 3. The number of β-amino-alcohol motifs (C(OH)–C–C–N with tert-alkyl or cyclic N) is 1. The maximum Gasteiger partial charge on any atom is 0.119 e.